The molecular formula is C14H22BrNOS. The number of hydrogen-bond acceptors (Lipinski definition) is 3. The van der Waals surface area contributed by atoms with E-state index < -0.39 is 0 Å². The molecule has 1 aromatic rings. The van der Waals surface area contributed by atoms with Crippen LogP contribution in [-0.2, 0) is 11.2 Å². The van der Waals surface area contributed by atoms with Crippen molar-refractivity contribution >= 4 is 33.0 Å². The average Bonchev–Trinajstić information content (AvgIpc) is 2.75. The molecule has 0 spiro atoms. The van der Waals surface area contributed by atoms with Crippen LogP contribution in [0.15, 0.2) is 15.9 Å². The van der Waals surface area contributed by atoms with Crippen LogP contribution in [0.25, 0.3) is 0 Å². The summed E-state index contributed by atoms with van der Waals surface area (Å²) in [6.07, 6.45) is 1.40. The van der Waals surface area contributed by atoms with E-state index in [-0.39, 0.29) is 5.54 Å². The Hall–Kier alpha value is -0.190. The second-order valence-electron chi connectivity index (χ2n) is 4.63. The van der Waals surface area contributed by atoms with Gasteiger partial charge in [0.15, 0.2) is 5.78 Å². The van der Waals surface area contributed by atoms with Crippen LogP contribution < -0.4 is 0 Å². The summed E-state index contributed by atoms with van der Waals surface area (Å²) < 4.78 is 1.07. The van der Waals surface area contributed by atoms with Crippen molar-refractivity contribution in [3.05, 3.63) is 20.8 Å². The first kappa shape index (κ1) is 15.9. The van der Waals surface area contributed by atoms with Gasteiger partial charge in [-0.05, 0) is 48.4 Å². The highest BCUT2D eigenvalue weighted by atomic mass is 79.9. The second-order valence-corrected chi connectivity index (χ2v) is 6.54. The molecule has 1 unspecified atom stereocenters. The van der Waals surface area contributed by atoms with Crippen LogP contribution >= 0.6 is 27.3 Å². The number of ketones is 1. The lowest BCUT2D eigenvalue weighted by molar-refractivity contribution is -0.129. The average molecular weight is 332 g/mol. The van der Waals surface area contributed by atoms with Crippen molar-refractivity contribution in [2.24, 2.45) is 0 Å². The molecule has 0 saturated heterocycles. The van der Waals surface area contributed by atoms with Gasteiger partial charge in [-0.2, -0.15) is 0 Å². The number of carbonyl (C=O) groups is 1. The maximum atomic E-state index is 12.6. The monoisotopic (exact) mass is 331 g/mol. The second kappa shape index (κ2) is 6.83. The fourth-order valence-corrected chi connectivity index (χ4v) is 3.76. The Morgan fingerprint density at radius 2 is 2.00 bits per heavy atom. The van der Waals surface area contributed by atoms with Crippen molar-refractivity contribution in [2.75, 3.05) is 13.1 Å². The first-order valence-corrected chi connectivity index (χ1v) is 8.16. The fraction of sp³-hybridized carbons (Fsp3) is 0.643. The third kappa shape index (κ3) is 3.43. The van der Waals surface area contributed by atoms with Gasteiger partial charge in [0.25, 0.3) is 0 Å². The number of nitrogens with zero attached hydrogens (tertiary/aromatic N) is 1. The van der Waals surface area contributed by atoms with Crippen molar-refractivity contribution < 1.29 is 4.79 Å². The van der Waals surface area contributed by atoms with E-state index in [4.69, 9.17) is 0 Å². The van der Waals surface area contributed by atoms with Gasteiger partial charge in [-0.15, -0.1) is 11.3 Å². The molecule has 0 amide bonds. The zero-order valence-electron chi connectivity index (χ0n) is 11.6. The quantitative estimate of drug-likeness (QED) is 0.748. The number of rotatable bonds is 7. The molecular weight excluding hydrogens is 310 g/mol. The highest BCUT2D eigenvalue weighted by molar-refractivity contribution is 9.10. The zero-order chi connectivity index (χ0) is 13.8. The summed E-state index contributed by atoms with van der Waals surface area (Å²) in [4.78, 5) is 16.0. The maximum absolute atomic E-state index is 12.6. The van der Waals surface area contributed by atoms with Crippen molar-refractivity contribution in [2.45, 2.75) is 46.1 Å². The van der Waals surface area contributed by atoms with E-state index in [1.54, 1.807) is 11.3 Å². The lowest BCUT2D eigenvalue weighted by Crippen LogP contribution is -2.52. The molecule has 18 heavy (non-hydrogen) atoms. The first-order valence-electron chi connectivity index (χ1n) is 6.49. The van der Waals surface area contributed by atoms with Gasteiger partial charge in [-0.25, -0.2) is 0 Å². The molecule has 0 radical (unpaired) electrons. The van der Waals surface area contributed by atoms with Crippen LogP contribution in [-0.4, -0.2) is 29.3 Å². The molecule has 0 aromatic carbocycles. The summed E-state index contributed by atoms with van der Waals surface area (Å²) in [7, 11) is 0. The molecule has 0 aliphatic rings. The molecule has 1 aromatic heterocycles. The zero-order valence-corrected chi connectivity index (χ0v) is 14.0. The molecule has 0 saturated carbocycles. The summed E-state index contributed by atoms with van der Waals surface area (Å²) in [6.45, 7) is 10.2. The molecule has 0 fully saturated rings. The van der Waals surface area contributed by atoms with Crippen LogP contribution in [0.2, 0.25) is 0 Å². The van der Waals surface area contributed by atoms with Gasteiger partial charge in [0.1, 0.15) is 0 Å². The minimum atomic E-state index is -0.333. The SMILES string of the molecule is CCN(CC)C(C)(CC)C(=O)Cc1cc(Br)cs1. The van der Waals surface area contributed by atoms with Gasteiger partial charge in [0, 0.05) is 21.2 Å². The molecule has 1 heterocycles. The fourth-order valence-electron chi connectivity index (χ4n) is 2.31. The van der Waals surface area contributed by atoms with Gasteiger partial charge in [0.05, 0.1) is 5.54 Å². The van der Waals surface area contributed by atoms with E-state index in [0.29, 0.717) is 12.2 Å². The van der Waals surface area contributed by atoms with E-state index in [1.165, 1.54) is 0 Å². The Kier molecular flexibility index (Phi) is 6.02. The Balaban J connectivity index is 2.84. The molecule has 0 N–H and O–H groups in total. The lowest BCUT2D eigenvalue weighted by Gasteiger charge is -2.38. The van der Waals surface area contributed by atoms with E-state index in [1.807, 2.05) is 11.4 Å². The molecule has 4 heteroatoms. The van der Waals surface area contributed by atoms with Gasteiger partial charge in [0.2, 0.25) is 0 Å². The molecule has 0 bridgehead atoms. The smallest absolute Gasteiger partial charge is 0.157 e. The molecule has 2 nitrogen and oxygen atoms in total. The lowest BCUT2D eigenvalue weighted by atomic mass is 9.88. The predicted molar refractivity (Wildman–Crippen MR) is 82.3 cm³/mol. The van der Waals surface area contributed by atoms with Crippen LogP contribution in [0.1, 0.15) is 39.0 Å². The van der Waals surface area contributed by atoms with Crippen LogP contribution in [0, 0.1) is 0 Å². The summed E-state index contributed by atoms with van der Waals surface area (Å²) in [5.41, 5.74) is -0.333. The van der Waals surface area contributed by atoms with Crippen LogP contribution in [0.5, 0.6) is 0 Å². The topological polar surface area (TPSA) is 20.3 Å². The standard InChI is InChI=1S/C14H22BrNOS/c1-5-14(4,16(6-2)7-3)13(17)9-12-8-11(15)10-18-12/h8,10H,5-7,9H2,1-4H3. The van der Waals surface area contributed by atoms with Gasteiger partial charge in [-0.1, -0.05) is 20.8 Å². The Morgan fingerprint density at radius 3 is 2.39 bits per heavy atom. The van der Waals surface area contributed by atoms with E-state index in [0.717, 1.165) is 28.9 Å². The van der Waals surface area contributed by atoms with Crippen molar-refractivity contribution in [1.82, 2.24) is 4.90 Å². The highest BCUT2D eigenvalue weighted by Crippen LogP contribution is 2.26. The number of Topliss-reactive ketones (excluding diaryl/α,β-unsaturated/α-hetero) is 1. The maximum Gasteiger partial charge on any atom is 0.157 e. The molecule has 0 aliphatic heterocycles. The molecule has 102 valence electrons. The van der Waals surface area contributed by atoms with E-state index >= 15 is 0 Å². The van der Waals surface area contributed by atoms with Crippen LogP contribution in [0.4, 0.5) is 0 Å². The Bertz CT molecular complexity index is 400. The number of likely N-dealkylation sites (N-methyl/N-ethyl adjacent to an activating group) is 1. The summed E-state index contributed by atoms with van der Waals surface area (Å²) >= 11 is 5.08. The van der Waals surface area contributed by atoms with E-state index in [9.17, 15) is 4.79 Å². The number of carbonyl (C=O) groups excluding carboxylic acids is 1. The summed E-state index contributed by atoms with van der Waals surface area (Å²) in [6, 6.07) is 2.04. The Labute approximate surface area is 123 Å². The molecule has 1 rings (SSSR count). The minimum absolute atomic E-state index is 0.322. The summed E-state index contributed by atoms with van der Waals surface area (Å²) in [5, 5.41) is 2.03. The van der Waals surface area contributed by atoms with Crippen LogP contribution in [0.3, 0.4) is 0 Å². The normalized spacial score (nSPS) is 14.8. The first-order chi connectivity index (χ1) is 8.47. The van der Waals surface area contributed by atoms with E-state index in [2.05, 4.69) is 48.5 Å². The third-order valence-electron chi connectivity index (χ3n) is 3.71. The molecule has 1 atom stereocenters. The van der Waals surface area contributed by atoms with Gasteiger partial charge in [-0.3, -0.25) is 9.69 Å². The number of thiophene rings is 1. The molecule has 0 aliphatic carbocycles. The van der Waals surface area contributed by atoms with Gasteiger partial charge >= 0.3 is 0 Å². The Morgan fingerprint density at radius 1 is 1.39 bits per heavy atom. The van der Waals surface area contributed by atoms with Gasteiger partial charge < -0.3 is 0 Å². The van der Waals surface area contributed by atoms with Crippen molar-refractivity contribution in [1.29, 1.82) is 0 Å². The highest BCUT2D eigenvalue weighted by Gasteiger charge is 2.35. The number of halogens is 1. The number of hydrogen-bond donors (Lipinski definition) is 0. The van der Waals surface area contributed by atoms with Crippen molar-refractivity contribution in [3.8, 4) is 0 Å². The third-order valence-corrected chi connectivity index (χ3v) is 5.40. The summed E-state index contributed by atoms with van der Waals surface area (Å²) in [5.74, 6) is 0.322. The largest absolute Gasteiger partial charge is 0.297 e. The van der Waals surface area contributed by atoms with Crippen molar-refractivity contribution in [3.63, 3.8) is 0 Å². The predicted octanol–water partition coefficient (Wildman–Crippen LogP) is 4.13. The minimum Gasteiger partial charge on any atom is -0.297 e.